The molecule has 17 heteroatoms. The first kappa shape index (κ1) is 50.9. The van der Waals surface area contributed by atoms with Crippen LogP contribution in [-0.2, 0) is 24.6 Å². The zero-order valence-corrected chi connectivity index (χ0v) is 43.5. The minimum Gasteiger partial charge on any atom is -0.493 e. The molecule has 0 aliphatic carbocycles. The van der Waals surface area contributed by atoms with Crippen LogP contribution in [0.5, 0.6) is 11.5 Å². The van der Waals surface area contributed by atoms with Crippen LogP contribution in [-0.4, -0.2) is 93.8 Å². The minimum atomic E-state index is -1.45. The molecule has 14 nitrogen and oxygen atoms in total. The SMILES string of the molecule is CCOc1c(-c2cccc(F)c2)ccc(C(=O)N(C)Cc2cnc(-c3cc(-c4cccc(F)c4)c(OCC)c(C)c3C(=O)N(C)Cc3c[n+](O)c(C)c4cn[nH]c34)c3cnn(COCC[Si](C)(C)C)c23)c1C. The van der Waals surface area contributed by atoms with Gasteiger partial charge in [0.05, 0.1) is 65.4 Å². The molecule has 0 atom stereocenters. The van der Waals surface area contributed by atoms with Gasteiger partial charge in [-0.05, 0) is 87.3 Å². The number of aryl methyl sites for hydroxylation is 1. The summed E-state index contributed by atoms with van der Waals surface area (Å²) in [6, 6.07) is 18.7. The number of hydrogen-bond donors (Lipinski definition) is 2. The standard InChI is InChI=1S/C55H60F2N8O6Si/c1-11-70-52-33(3)42(19-20-43(52)36-15-13-17-40(56)23-36)54(66)62(6)29-38-26-58-50(47-28-60-64(51(38)47)32-69-21-22-72(8,9)10)45-25-44(37-16-14-18-41(57)24-37)53(71-12-2)34(4)48(45)55(67)63(7)30-39-31-65(68)35(5)46-27-59-61-49(39)46/h13-20,23-28,31,68H,11-12,21-22,29-30,32H2,1-10H3/p+1. The predicted molar refractivity (Wildman–Crippen MR) is 276 cm³/mol. The molecule has 4 heterocycles. The molecule has 0 aliphatic rings. The molecule has 2 N–H and O–H groups in total. The summed E-state index contributed by atoms with van der Waals surface area (Å²) >= 11 is 0. The van der Waals surface area contributed by atoms with Crippen molar-refractivity contribution in [3.05, 3.63) is 142 Å². The van der Waals surface area contributed by atoms with E-state index in [-0.39, 0.29) is 44.1 Å². The van der Waals surface area contributed by atoms with E-state index in [4.69, 9.17) is 24.3 Å². The average molecular weight is 996 g/mol. The van der Waals surface area contributed by atoms with Crippen LogP contribution in [0.1, 0.15) is 62.5 Å². The number of halogens is 2. The molecule has 72 heavy (non-hydrogen) atoms. The normalized spacial score (nSPS) is 11.7. The molecule has 8 rings (SSSR count). The van der Waals surface area contributed by atoms with Crippen molar-refractivity contribution in [1.82, 2.24) is 34.8 Å². The molecule has 0 bridgehead atoms. The van der Waals surface area contributed by atoms with E-state index in [1.165, 1.54) is 24.3 Å². The van der Waals surface area contributed by atoms with E-state index in [9.17, 15) is 14.4 Å². The third-order valence-electron chi connectivity index (χ3n) is 12.9. The number of benzene rings is 4. The van der Waals surface area contributed by atoms with E-state index in [0.717, 1.165) is 10.8 Å². The van der Waals surface area contributed by atoms with Crippen LogP contribution in [0.25, 0.3) is 55.3 Å². The van der Waals surface area contributed by atoms with Gasteiger partial charge in [-0.3, -0.25) is 24.9 Å². The lowest BCUT2D eigenvalue weighted by Crippen LogP contribution is -2.35. The van der Waals surface area contributed by atoms with E-state index in [1.54, 1.807) is 96.7 Å². The molecule has 2 amide bonds. The summed E-state index contributed by atoms with van der Waals surface area (Å²) in [6.45, 7) is 17.4. The maximum Gasteiger partial charge on any atom is 0.254 e. The fourth-order valence-corrected chi connectivity index (χ4v) is 9.89. The van der Waals surface area contributed by atoms with E-state index < -0.39 is 13.9 Å². The van der Waals surface area contributed by atoms with Gasteiger partial charge in [0.2, 0.25) is 11.9 Å². The highest BCUT2D eigenvalue weighted by molar-refractivity contribution is 6.76. The highest BCUT2D eigenvalue weighted by Crippen LogP contribution is 2.43. The summed E-state index contributed by atoms with van der Waals surface area (Å²) in [5.41, 5.74) is 8.27. The van der Waals surface area contributed by atoms with E-state index in [1.807, 2.05) is 33.8 Å². The molecule has 4 aromatic heterocycles. The molecule has 0 unspecified atom stereocenters. The number of H-pyrrole nitrogens is 1. The number of pyridine rings is 2. The number of fused-ring (bicyclic) bond motifs is 2. The van der Waals surface area contributed by atoms with Gasteiger partial charge in [0.15, 0.2) is 0 Å². The van der Waals surface area contributed by atoms with Gasteiger partial charge in [0.25, 0.3) is 11.8 Å². The molecule has 0 radical (unpaired) electrons. The van der Waals surface area contributed by atoms with Gasteiger partial charge in [-0.1, -0.05) is 43.9 Å². The molecule has 0 saturated carbocycles. The summed E-state index contributed by atoms with van der Waals surface area (Å²) in [4.78, 5) is 38.1. The van der Waals surface area contributed by atoms with Gasteiger partial charge < -0.3 is 24.0 Å². The number of hydrogen-bond acceptors (Lipinski definition) is 9. The molecular formula is C55H61F2N8O6Si+. The minimum absolute atomic E-state index is 0.0841. The Morgan fingerprint density at radius 2 is 1.42 bits per heavy atom. The summed E-state index contributed by atoms with van der Waals surface area (Å²) < 4.78 is 50.9. The van der Waals surface area contributed by atoms with Crippen LogP contribution in [0.15, 0.2) is 91.5 Å². The lowest BCUT2D eigenvalue weighted by Gasteiger charge is -2.24. The fraction of sp³-hybridized carbons (Fsp3) is 0.309. The van der Waals surface area contributed by atoms with Crippen LogP contribution in [0.4, 0.5) is 8.78 Å². The maximum absolute atomic E-state index is 15.3. The highest BCUT2D eigenvalue weighted by atomic mass is 28.3. The van der Waals surface area contributed by atoms with Crippen LogP contribution in [0.3, 0.4) is 0 Å². The first-order valence-corrected chi connectivity index (χ1v) is 27.7. The van der Waals surface area contributed by atoms with Gasteiger partial charge in [0, 0.05) is 97.5 Å². The lowest BCUT2D eigenvalue weighted by molar-refractivity contribution is -0.908. The first-order chi connectivity index (χ1) is 34.4. The largest absolute Gasteiger partial charge is 0.493 e. The quantitative estimate of drug-likeness (QED) is 0.0370. The third-order valence-corrected chi connectivity index (χ3v) is 14.6. The summed E-state index contributed by atoms with van der Waals surface area (Å²) in [5, 5.41) is 24.2. The number of carbonyl (C=O) groups excluding carboxylic acids is 2. The van der Waals surface area contributed by atoms with Crippen molar-refractivity contribution in [3.8, 4) is 45.0 Å². The monoisotopic (exact) mass is 995 g/mol. The Bertz CT molecular complexity index is 3350. The van der Waals surface area contributed by atoms with Crippen LogP contribution in [0, 0.1) is 32.4 Å². The molecule has 4 aromatic carbocycles. The predicted octanol–water partition coefficient (Wildman–Crippen LogP) is 10.7. The lowest BCUT2D eigenvalue weighted by atomic mass is 9.89. The zero-order valence-electron chi connectivity index (χ0n) is 42.5. The van der Waals surface area contributed by atoms with Crippen LogP contribution in [0.2, 0.25) is 25.7 Å². The second kappa shape index (κ2) is 21.1. The molecule has 0 fully saturated rings. The number of aromatic amines is 1. The van der Waals surface area contributed by atoms with Gasteiger partial charge in [-0.2, -0.15) is 10.2 Å². The third kappa shape index (κ3) is 10.3. The Morgan fingerprint density at radius 1 is 0.778 bits per heavy atom. The van der Waals surface area contributed by atoms with Crippen molar-refractivity contribution < 1.29 is 42.5 Å². The summed E-state index contributed by atoms with van der Waals surface area (Å²) in [7, 11) is 1.95. The Labute approximate surface area is 418 Å². The molecule has 374 valence electrons. The van der Waals surface area contributed by atoms with Crippen molar-refractivity contribution in [3.63, 3.8) is 0 Å². The number of nitrogens with one attached hydrogen (secondary N) is 1. The number of aromatic nitrogens is 6. The van der Waals surface area contributed by atoms with Crippen molar-refractivity contribution in [2.24, 2.45) is 0 Å². The van der Waals surface area contributed by atoms with Crippen LogP contribution >= 0.6 is 0 Å². The molecule has 0 saturated heterocycles. The number of carbonyl (C=O) groups is 2. The second-order valence-electron chi connectivity index (χ2n) is 19.3. The highest BCUT2D eigenvalue weighted by Gasteiger charge is 2.30. The average Bonchev–Trinajstić information content (AvgIpc) is 4.02. The summed E-state index contributed by atoms with van der Waals surface area (Å²) in [5.74, 6) is -0.565. The Morgan fingerprint density at radius 3 is 2.07 bits per heavy atom. The Kier molecular flexibility index (Phi) is 14.9. The van der Waals surface area contributed by atoms with E-state index in [2.05, 4.69) is 29.8 Å². The van der Waals surface area contributed by atoms with E-state index >= 15 is 9.18 Å². The van der Waals surface area contributed by atoms with Crippen molar-refractivity contribution in [2.45, 2.75) is 80.1 Å². The zero-order chi connectivity index (χ0) is 51.6. The fourth-order valence-electron chi connectivity index (χ4n) is 9.14. The molecular weight excluding hydrogens is 935 g/mol. The van der Waals surface area contributed by atoms with Gasteiger partial charge in [-0.15, -0.1) is 0 Å². The number of ether oxygens (including phenoxy) is 3. The van der Waals surface area contributed by atoms with Crippen molar-refractivity contribution in [2.75, 3.05) is 33.9 Å². The molecule has 0 aliphatic heterocycles. The Hall–Kier alpha value is -7.50. The van der Waals surface area contributed by atoms with Gasteiger partial charge >= 0.3 is 0 Å². The number of amides is 2. The van der Waals surface area contributed by atoms with Crippen LogP contribution < -0.4 is 14.2 Å². The Balaban J connectivity index is 1.27. The first-order valence-electron chi connectivity index (χ1n) is 24.0. The number of nitrogens with zero attached hydrogens (tertiary/aromatic N) is 7. The maximum atomic E-state index is 15.3. The molecule has 8 aromatic rings. The topological polar surface area (TPSA) is 152 Å². The second-order valence-corrected chi connectivity index (χ2v) is 24.9. The van der Waals surface area contributed by atoms with Crippen molar-refractivity contribution >= 4 is 41.7 Å². The van der Waals surface area contributed by atoms with Gasteiger partial charge in [-0.25, -0.2) is 13.5 Å². The van der Waals surface area contributed by atoms with E-state index in [0.29, 0.717) is 119 Å². The van der Waals surface area contributed by atoms with Crippen molar-refractivity contribution in [1.29, 1.82) is 0 Å². The smallest absolute Gasteiger partial charge is 0.254 e. The number of rotatable bonds is 18. The van der Waals surface area contributed by atoms with Gasteiger partial charge in [0.1, 0.15) is 29.9 Å². The molecule has 0 spiro atoms. The summed E-state index contributed by atoms with van der Waals surface area (Å²) in [6.07, 6.45) is 6.57.